The Morgan fingerprint density at radius 2 is 0.963 bits per heavy atom. The number of hydrogen-bond donors (Lipinski definition) is 2. The van der Waals surface area contributed by atoms with Gasteiger partial charge in [0.25, 0.3) is 0 Å². The Bertz CT molecular complexity index is 663. The van der Waals surface area contributed by atoms with Gasteiger partial charge >= 0.3 is 11.9 Å². The standard InChI is InChI=1S/C21H24O4S2/c22-20(23)9-11-26-14-18-5-1-16(2-6-18)13-17-3-7-19(8-4-17)15-27-12-10-21(24)25/h1-8H,9-15H2,(H,22,23)(H,24,25). The summed E-state index contributed by atoms with van der Waals surface area (Å²) in [5.41, 5.74) is 4.92. The van der Waals surface area contributed by atoms with Gasteiger partial charge in [0.15, 0.2) is 0 Å². The van der Waals surface area contributed by atoms with E-state index in [4.69, 9.17) is 10.2 Å². The van der Waals surface area contributed by atoms with Gasteiger partial charge in [0.1, 0.15) is 0 Å². The largest absolute Gasteiger partial charge is 0.481 e. The Labute approximate surface area is 168 Å². The third-order valence-electron chi connectivity index (χ3n) is 3.91. The number of carbonyl (C=O) groups is 2. The third kappa shape index (κ3) is 9.02. The molecule has 0 aliphatic heterocycles. The Morgan fingerprint density at radius 3 is 1.30 bits per heavy atom. The molecule has 0 bridgehead atoms. The third-order valence-corrected chi connectivity index (χ3v) is 5.97. The van der Waals surface area contributed by atoms with Crippen LogP contribution in [-0.4, -0.2) is 33.7 Å². The van der Waals surface area contributed by atoms with E-state index in [2.05, 4.69) is 48.5 Å². The van der Waals surface area contributed by atoms with Crippen molar-refractivity contribution >= 4 is 35.5 Å². The highest BCUT2D eigenvalue weighted by molar-refractivity contribution is 7.98. The fourth-order valence-corrected chi connectivity index (χ4v) is 4.22. The quantitative estimate of drug-likeness (QED) is 0.500. The summed E-state index contributed by atoms with van der Waals surface area (Å²) < 4.78 is 0. The van der Waals surface area contributed by atoms with E-state index in [0.717, 1.165) is 17.9 Å². The summed E-state index contributed by atoms with van der Waals surface area (Å²) in [6.45, 7) is 0. The van der Waals surface area contributed by atoms with Crippen LogP contribution in [0, 0.1) is 0 Å². The number of carboxylic acid groups (broad SMARTS) is 2. The van der Waals surface area contributed by atoms with E-state index < -0.39 is 11.9 Å². The number of aliphatic carboxylic acids is 2. The van der Waals surface area contributed by atoms with E-state index in [9.17, 15) is 9.59 Å². The van der Waals surface area contributed by atoms with Crippen LogP contribution in [0.1, 0.15) is 35.1 Å². The Morgan fingerprint density at radius 1 is 0.630 bits per heavy atom. The summed E-state index contributed by atoms with van der Waals surface area (Å²) in [7, 11) is 0. The first kappa shape index (κ1) is 21.4. The minimum absolute atomic E-state index is 0.205. The zero-order valence-electron chi connectivity index (χ0n) is 15.1. The number of carboxylic acids is 2. The summed E-state index contributed by atoms with van der Waals surface area (Å²) in [6, 6.07) is 16.9. The molecule has 0 aliphatic carbocycles. The average Bonchev–Trinajstić information content (AvgIpc) is 2.65. The summed E-state index contributed by atoms with van der Waals surface area (Å²) >= 11 is 3.28. The van der Waals surface area contributed by atoms with Gasteiger partial charge in [-0.05, 0) is 28.7 Å². The van der Waals surface area contributed by atoms with Crippen molar-refractivity contribution in [2.24, 2.45) is 0 Å². The van der Waals surface area contributed by atoms with E-state index >= 15 is 0 Å². The molecule has 0 unspecified atom stereocenters. The molecule has 0 heterocycles. The zero-order valence-corrected chi connectivity index (χ0v) is 16.7. The SMILES string of the molecule is O=C(O)CCSCc1ccc(Cc2ccc(CSCCC(=O)O)cc2)cc1. The zero-order chi connectivity index (χ0) is 19.5. The molecule has 0 saturated carbocycles. The van der Waals surface area contributed by atoms with Crippen molar-refractivity contribution in [2.75, 3.05) is 11.5 Å². The molecular formula is C21H24O4S2. The molecule has 6 heteroatoms. The van der Waals surface area contributed by atoms with Gasteiger partial charge < -0.3 is 10.2 Å². The minimum atomic E-state index is -0.747. The van der Waals surface area contributed by atoms with Crippen molar-refractivity contribution in [3.05, 3.63) is 70.8 Å². The van der Waals surface area contributed by atoms with Crippen LogP contribution in [0.3, 0.4) is 0 Å². The maximum absolute atomic E-state index is 10.5. The molecule has 0 aliphatic rings. The van der Waals surface area contributed by atoms with Gasteiger partial charge in [-0.3, -0.25) is 9.59 Å². The maximum Gasteiger partial charge on any atom is 0.304 e. The van der Waals surface area contributed by atoms with Crippen molar-refractivity contribution in [2.45, 2.75) is 30.8 Å². The van der Waals surface area contributed by atoms with Crippen molar-refractivity contribution in [1.29, 1.82) is 0 Å². The lowest BCUT2D eigenvalue weighted by molar-refractivity contribution is -0.137. The second kappa shape index (κ2) is 11.7. The van der Waals surface area contributed by atoms with E-state index in [1.54, 1.807) is 23.5 Å². The monoisotopic (exact) mass is 404 g/mol. The maximum atomic E-state index is 10.5. The first-order valence-electron chi connectivity index (χ1n) is 8.77. The molecule has 4 nitrogen and oxygen atoms in total. The highest BCUT2D eigenvalue weighted by Gasteiger charge is 2.02. The average molecular weight is 405 g/mol. The van der Waals surface area contributed by atoms with E-state index in [-0.39, 0.29) is 12.8 Å². The van der Waals surface area contributed by atoms with Crippen LogP contribution in [0.25, 0.3) is 0 Å². The van der Waals surface area contributed by atoms with Gasteiger partial charge in [0, 0.05) is 23.0 Å². The smallest absolute Gasteiger partial charge is 0.304 e. The van der Waals surface area contributed by atoms with Crippen molar-refractivity contribution in [3.8, 4) is 0 Å². The van der Waals surface area contributed by atoms with Gasteiger partial charge in [0.2, 0.25) is 0 Å². The van der Waals surface area contributed by atoms with E-state index in [0.29, 0.717) is 11.5 Å². The fourth-order valence-electron chi connectivity index (χ4n) is 2.44. The normalized spacial score (nSPS) is 10.7. The fraction of sp³-hybridized carbons (Fsp3) is 0.333. The lowest BCUT2D eigenvalue weighted by Crippen LogP contribution is -1.96. The summed E-state index contributed by atoms with van der Waals surface area (Å²) in [4.78, 5) is 21.0. The molecule has 0 atom stereocenters. The molecular weight excluding hydrogens is 380 g/mol. The van der Waals surface area contributed by atoms with Crippen LogP contribution in [0.15, 0.2) is 48.5 Å². The summed E-state index contributed by atoms with van der Waals surface area (Å²) in [5, 5.41) is 17.3. The molecule has 0 fully saturated rings. The predicted molar refractivity (Wildman–Crippen MR) is 113 cm³/mol. The van der Waals surface area contributed by atoms with Crippen LogP contribution in [0.5, 0.6) is 0 Å². The minimum Gasteiger partial charge on any atom is -0.481 e. The second-order valence-corrected chi connectivity index (χ2v) is 8.41. The first-order valence-corrected chi connectivity index (χ1v) is 11.1. The molecule has 2 aromatic rings. The molecule has 0 radical (unpaired) electrons. The Balaban J connectivity index is 1.76. The van der Waals surface area contributed by atoms with Crippen LogP contribution in [0.2, 0.25) is 0 Å². The first-order chi connectivity index (χ1) is 13.0. The topological polar surface area (TPSA) is 74.6 Å². The van der Waals surface area contributed by atoms with Crippen LogP contribution < -0.4 is 0 Å². The molecule has 0 spiro atoms. The van der Waals surface area contributed by atoms with Gasteiger partial charge in [0.05, 0.1) is 12.8 Å². The molecule has 2 rings (SSSR count). The van der Waals surface area contributed by atoms with Crippen LogP contribution in [-0.2, 0) is 27.5 Å². The van der Waals surface area contributed by atoms with Gasteiger partial charge in [-0.25, -0.2) is 0 Å². The number of rotatable bonds is 12. The lowest BCUT2D eigenvalue weighted by Gasteiger charge is -2.06. The van der Waals surface area contributed by atoms with E-state index in [1.807, 2.05) is 0 Å². The molecule has 144 valence electrons. The highest BCUT2D eigenvalue weighted by Crippen LogP contribution is 2.18. The molecule has 0 amide bonds. The van der Waals surface area contributed by atoms with Gasteiger partial charge in [-0.1, -0.05) is 48.5 Å². The molecule has 2 aromatic carbocycles. The van der Waals surface area contributed by atoms with E-state index in [1.165, 1.54) is 22.3 Å². The molecule has 2 N–H and O–H groups in total. The highest BCUT2D eigenvalue weighted by atomic mass is 32.2. The second-order valence-electron chi connectivity index (χ2n) is 6.20. The number of thioether (sulfide) groups is 2. The van der Waals surface area contributed by atoms with Crippen LogP contribution >= 0.6 is 23.5 Å². The van der Waals surface area contributed by atoms with Crippen molar-refractivity contribution in [3.63, 3.8) is 0 Å². The molecule has 0 aromatic heterocycles. The number of benzene rings is 2. The summed E-state index contributed by atoms with van der Waals surface area (Å²) in [6.07, 6.45) is 1.28. The van der Waals surface area contributed by atoms with Gasteiger partial charge in [-0.15, -0.1) is 0 Å². The molecule has 0 saturated heterocycles. The molecule has 27 heavy (non-hydrogen) atoms. The number of hydrogen-bond acceptors (Lipinski definition) is 4. The van der Waals surface area contributed by atoms with Crippen molar-refractivity contribution in [1.82, 2.24) is 0 Å². The summed E-state index contributed by atoms with van der Waals surface area (Å²) in [5.74, 6) is 1.45. The Hall–Kier alpha value is -1.92. The van der Waals surface area contributed by atoms with Crippen LogP contribution in [0.4, 0.5) is 0 Å². The Kier molecular flexibility index (Phi) is 9.28. The predicted octanol–water partition coefficient (Wildman–Crippen LogP) is 4.69. The van der Waals surface area contributed by atoms with Gasteiger partial charge in [-0.2, -0.15) is 23.5 Å². The van der Waals surface area contributed by atoms with Crippen molar-refractivity contribution < 1.29 is 19.8 Å². The lowest BCUT2D eigenvalue weighted by atomic mass is 10.0.